The average molecular weight is 291 g/mol. The van der Waals surface area contributed by atoms with Crippen LogP contribution in [0.25, 0.3) is 0 Å². The molecule has 8 heteroatoms. The van der Waals surface area contributed by atoms with Gasteiger partial charge in [-0.2, -0.15) is 10.1 Å². The Bertz CT molecular complexity index is 672. The Kier molecular flexibility index (Phi) is 3.70. The van der Waals surface area contributed by atoms with E-state index in [9.17, 15) is 4.79 Å². The predicted octanol–water partition coefficient (Wildman–Crippen LogP) is 0.592. The van der Waals surface area contributed by atoms with Gasteiger partial charge in [-0.3, -0.25) is 4.79 Å². The van der Waals surface area contributed by atoms with Gasteiger partial charge < -0.3 is 14.2 Å². The van der Waals surface area contributed by atoms with Crippen molar-refractivity contribution in [2.45, 2.75) is 25.5 Å². The van der Waals surface area contributed by atoms with Gasteiger partial charge in [0, 0.05) is 26.8 Å². The van der Waals surface area contributed by atoms with E-state index in [-0.39, 0.29) is 18.2 Å². The summed E-state index contributed by atoms with van der Waals surface area (Å²) in [5.74, 6) is 0.896. The molecule has 112 valence electrons. The van der Waals surface area contributed by atoms with Gasteiger partial charge in [-0.1, -0.05) is 5.16 Å². The third-order valence-electron chi connectivity index (χ3n) is 3.35. The van der Waals surface area contributed by atoms with Crippen molar-refractivity contribution >= 4 is 5.69 Å². The second-order valence-electron chi connectivity index (χ2n) is 5.15. The molecule has 0 N–H and O–H groups in total. The second kappa shape index (κ2) is 5.65. The van der Waals surface area contributed by atoms with Crippen LogP contribution in [0, 0.1) is 0 Å². The van der Waals surface area contributed by atoms with Gasteiger partial charge in [-0.25, -0.2) is 4.68 Å². The lowest BCUT2D eigenvalue weighted by molar-refractivity contribution is 0.0835. The Morgan fingerprint density at radius 3 is 3.00 bits per heavy atom. The highest BCUT2D eigenvalue weighted by Gasteiger charge is 2.24. The molecule has 8 nitrogen and oxygen atoms in total. The summed E-state index contributed by atoms with van der Waals surface area (Å²) in [6, 6.07) is 1.52. The van der Waals surface area contributed by atoms with E-state index in [2.05, 4.69) is 15.2 Å². The maximum atomic E-state index is 12.0. The van der Waals surface area contributed by atoms with Crippen molar-refractivity contribution in [1.29, 1.82) is 0 Å². The maximum Gasteiger partial charge on any atom is 0.269 e. The molecule has 1 saturated heterocycles. The molecule has 0 spiro atoms. The molecular formula is C13H17N5O3. The molecular weight excluding hydrogens is 274 g/mol. The number of anilines is 1. The number of hydrogen-bond donors (Lipinski definition) is 0. The summed E-state index contributed by atoms with van der Waals surface area (Å²) in [5.41, 5.74) is 0.550. The Hall–Kier alpha value is -2.22. The van der Waals surface area contributed by atoms with Crippen molar-refractivity contribution in [3.05, 3.63) is 34.3 Å². The van der Waals surface area contributed by atoms with Crippen LogP contribution >= 0.6 is 0 Å². The smallest absolute Gasteiger partial charge is 0.269 e. The van der Waals surface area contributed by atoms with Crippen LogP contribution < -0.4 is 10.5 Å². The van der Waals surface area contributed by atoms with Crippen LogP contribution in [-0.2, 0) is 11.3 Å². The van der Waals surface area contributed by atoms with Gasteiger partial charge in [-0.15, -0.1) is 0 Å². The maximum absolute atomic E-state index is 12.0. The van der Waals surface area contributed by atoms with Crippen molar-refractivity contribution < 1.29 is 9.26 Å². The number of aromatic nitrogens is 4. The first kappa shape index (κ1) is 13.7. The summed E-state index contributed by atoms with van der Waals surface area (Å²) in [6.45, 7) is 0.901. The fourth-order valence-electron chi connectivity index (χ4n) is 2.16. The highest BCUT2D eigenvalue weighted by atomic mass is 16.5. The molecule has 0 amide bonds. The molecule has 0 unspecified atom stereocenters. The fourth-order valence-corrected chi connectivity index (χ4v) is 2.16. The normalized spacial score (nSPS) is 18.1. The summed E-state index contributed by atoms with van der Waals surface area (Å²) in [7, 11) is 3.71. The van der Waals surface area contributed by atoms with Gasteiger partial charge in [0.05, 0.1) is 11.9 Å². The number of rotatable bonds is 4. The van der Waals surface area contributed by atoms with Gasteiger partial charge in [0.25, 0.3) is 11.4 Å². The molecule has 0 bridgehead atoms. The van der Waals surface area contributed by atoms with E-state index < -0.39 is 0 Å². The van der Waals surface area contributed by atoms with Gasteiger partial charge in [0.2, 0.25) is 0 Å². The van der Waals surface area contributed by atoms with Crippen molar-refractivity contribution in [2.75, 3.05) is 25.6 Å². The molecule has 1 atom stereocenters. The topological polar surface area (TPSA) is 86.3 Å². The molecule has 3 heterocycles. The minimum absolute atomic E-state index is 0.118. The predicted molar refractivity (Wildman–Crippen MR) is 74.2 cm³/mol. The van der Waals surface area contributed by atoms with E-state index in [4.69, 9.17) is 9.26 Å². The van der Waals surface area contributed by atoms with Crippen molar-refractivity contribution in [3.63, 3.8) is 0 Å². The summed E-state index contributed by atoms with van der Waals surface area (Å²) >= 11 is 0. The lowest BCUT2D eigenvalue weighted by Gasteiger charge is -2.11. The van der Waals surface area contributed by atoms with E-state index in [1.165, 1.54) is 10.7 Å². The first-order valence-corrected chi connectivity index (χ1v) is 6.82. The van der Waals surface area contributed by atoms with Crippen molar-refractivity contribution in [2.24, 2.45) is 0 Å². The average Bonchev–Trinajstić information content (AvgIpc) is 3.11. The molecule has 1 aliphatic rings. The zero-order valence-corrected chi connectivity index (χ0v) is 12.0. The van der Waals surface area contributed by atoms with Gasteiger partial charge >= 0.3 is 0 Å². The van der Waals surface area contributed by atoms with Crippen LogP contribution in [0.1, 0.15) is 30.7 Å². The van der Waals surface area contributed by atoms with Crippen LogP contribution in [-0.4, -0.2) is 40.6 Å². The molecule has 3 rings (SSSR count). The molecule has 0 saturated carbocycles. The monoisotopic (exact) mass is 291 g/mol. The number of hydrogen-bond acceptors (Lipinski definition) is 7. The summed E-state index contributed by atoms with van der Waals surface area (Å²) in [4.78, 5) is 18.1. The highest BCUT2D eigenvalue weighted by molar-refractivity contribution is 5.40. The molecule has 1 fully saturated rings. The number of nitrogens with zero attached hydrogens (tertiary/aromatic N) is 5. The van der Waals surface area contributed by atoms with E-state index in [1.807, 2.05) is 19.0 Å². The zero-order chi connectivity index (χ0) is 14.8. The standard InChI is InChI=1S/C13H17N5O3/c1-17(2)9-6-12(19)18(14-7-9)8-11-15-13(21-16-11)10-4-3-5-20-10/h6-7,10H,3-5,8H2,1-2H3/t10-/m1/s1. The van der Waals surface area contributed by atoms with E-state index >= 15 is 0 Å². The molecule has 0 radical (unpaired) electrons. The quantitative estimate of drug-likeness (QED) is 0.814. The van der Waals surface area contributed by atoms with Crippen LogP contribution in [0.15, 0.2) is 21.6 Å². The molecule has 2 aromatic rings. The van der Waals surface area contributed by atoms with Crippen LogP contribution in [0.2, 0.25) is 0 Å². The minimum Gasteiger partial charge on any atom is -0.376 e. The SMILES string of the molecule is CN(C)c1cnn(Cc2noc([C@H]3CCCO3)n2)c(=O)c1. The van der Waals surface area contributed by atoms with Crippen molar-refractivity contribution in [3.8, 4) is 0 Å². The van der Waals surface area contributed by atoms with Gasteiger partial charge in [0.15, 0.2) is 5.82 Å². The van der Waals surface area contributed by atoms with Gasteiger partial charge in [0.1, 0.15) is 12.6 Å². The first-order chi connectivity index (χ1) is 10.1. The van der Waals surface area contributed by atoms with E-state index in [1.54, 1.807) is 6.20 Å². The summed E-state index contributed by atoms with van der Waals surface area (Å²) < 4.78 is 12.0. The summed E-state index contributed by atoms with van der Waals surface area (Å²) in [6.07, 6.45) is 3.39. The largest absolute Gasteiger partial charge is 0.376 e. The third-order valence-corrected chi connectivity index (χ3v) is 3.35. The minimum atomic E-state index is -0.204. The lowest BCUT2D eigenvalue weighted by Crippen LogP contribution is -2.25. The Balaban J connectivity index is 1.76. The number of ether oxygens (including phenoxy) is 1. The third kappa shape index (κ3) is 2.94. The van der Waals surface area contributed by atoms with Crippen LogP contribution in [0.3, 0.4) is 0 Å². The Labute approximate surface area is 121 Å². The van der Waals surface area contributed by atoms with Crippen LogP contribution in [0.5, 0.6) is 0 Å². The van der Waals surface area contributed by atoms with E-state index in [0.29, 0.717) is 11.7 Å². The van der Waals surface area contributed by atoms with Crippen molar-refractivity contribution in [1.82, 2.24) is 19.9 Å². The molecule has 0 aliphatic carbocycles. The fraction of sp³-hybridized carbons (Fsp3) is 0.538. The highest BCUT2D eigenvalue weighted by Crippen LogP contribution is 2.26. The first-order valence-electron chi connectivity index (χ1n) is 6.82. The lowest BCUT2D eigenvalue weighted by atomic mass is 10.2. The zero-order valence-electron chi connectivity index (χ0n) is 12.0. The Morgan fingerprint density at radius 2 is 2.33 bits per heavy atom. The van der Waals surface area contributed by atoms with Gasteiger partial charge in [-0.05, 0) is 12.8 Å². The molecule has 21 heavy (non-hydrogen) atoms. The second-order valence-corrected chi connectivity index (χ2v) is 5.15. The van der Waals surface area contributed by atoms with Crippen LogP contribution in [0.4, 0.5) is 5.69 Å². The molecule has 2 aromatic heterocycles. The summed E-state index contributed by atoms with van der Waals surface area (Å²) in [5, 5.41) is 7.99. The molecule has 1 aliphatic heterocycles. The molecule has 0 aromatic carbocycles. The Morgan fingerprint density at radius 1 is 1.48 bits per heavy atom. The van der Waals surface area contributed by atoms with E-state index in [0.717, 1.165) is 25.1 Å².